The van der Waals surface area contributed by atoms with Crippen molar-refractivity contribution >= 4 is 17.8 Å². The molecule has 0 unspecified atom stereocenters. The number of benzene rings is 2. The van der Waals surface area contributed by atoms with Gasteiger partial charge in [-0.2, -0.15) is 5.10 Å². The Balaban J connectivity index is 1.72. The number of carbonyl (C=O) groups is 1. The number of amides is 1. The Morgan fingerprint density at radius 1 is 1.07 bits per heavy atom. The predicted octanol–water partition coefficient (Wildman–Crippen LogP) is 3.61. The van der Waals surface area contributed by atoms with Crippen LogP contribution in [0.2, 0.25) is 0 Å². The number of anilines is 1. The third-order valence-electron chi connectivity index (χ3n) is 4.29. The molecule has 2 aromatic carbocycles. The molecule has 29 heavy (non-hydrogen) atoms. The van der Waals surface area contributed by atoms with Gasteiger partial charge < -0.3 is 19.5 Å². The first kappa shape index (κ1) is 20.0. The standard InChI is InChI=1S/C22H23N3O4/c1-27-18-8-4-6-16(14-18)10-11-21(26)24-20-12-13-23-25(20)15-17-7-5-9-19(28-2)22(17)29-3/h4-14H,15H2,1-3H3,(H,24,26)/b11-10+. The van der Waals surface area contributed by atoms with E-state index in [0.717, 1.165) is 16.9 Å². The zero-order valence-corrected chi connectivity index (χ0v) is 16.6. The van der Waals surface area contributed by atoms with Gasteiger partial charge in [0.1, 0.15) is 11.6 Å². The average Bonchev–Trinajstić information content (AvgIpc) is 3.18. The fourth-order valence-corrected chi connectivity index (χ4v) is 2.89. The maximum absolute atomic E-state index is 12.4. The second kappa shape index (κ2) is 9.45. The quantitative estimate of drug-likeness (QED) is 0.592. The second-order valence-corrected chi connectivity index (χ2v) is 6.13. The molecule has 0 atom stereocenters. The minimum absolute atomic E-state index is 0.257. The van der Waals surface area contributed by atoms with Gasteiger partial charge in [-0.1, -0.05) is 24.3 Å². The summed E-state index contributed by atoms with van der Waals surface area (Å²) < 4.78 is 17.7. The number of ether oxygens (including phenoxy) is 3. The van der Waals surface area contributed by atoms with Crippen molar-refractivity contribution in [1.82, 2.24) is 9.78 Å². The first-order valence-corrected chi connectivity index (χ1v) is 8.99. The molecule has 0 saturated heterocycles. The van der Waals surface area contributed by atoms with E-state index in [0.29, 0.717) is 23.9 Å². The van der Waals surface area contributed by atoms with Gasteiger partial charge in [-0.05, 0) is 29.8 Å². The summed E-state index contributed by atoms with van der Waals surface area (Å²) in [7, 11) is 4.79. The highest BCUT2D eigenvalue weighted by Crippen LogP contribution is 2.31. The van der Waals surface area contributed by atoms with Crippen LogP contribution in [-0.2, 0) is 11.3 Å². The lowest BCUT2D eigenvalue weighted by Crippen LogP contribution is -2.14. The van der Waals surface area contributed by atoms with Crippen LogP contribution in [0.25, 0.3) is 6.08 Å². The van der Waals surface area contributed by atoms with Crippen LogP contribution in [-0.4, -0.2) is 37.0 Å². The molecule has 0 saturated carbocycles. The molecule has 0 aliphatic heterocycles. The summed E-state index contributed by atoms with van der Waals surface area (Å²) in [6.45, 7) is 0.419. The van der Waals surface area contributed by atoms with E-state index >= 15 is 0 Å². The van der Waals surface area contributed by atoms with Gasteiger partial charge in [0.05, 0.1) is 34.1 Å². The van der Waals surface area contributed by atoms with E-state index in [4.69, 9.17) is 14.2 Å². The lowest BCUT2D eigenvalue weighted by Gasteiger charge is -2.14. The molecule has 1 aromatic heterocycles. The van der Waals surface area contributed by atoms with Gasteiger partial charge in [0.25, 0.3) is 0 Å². The molecule has 7 heteroatoms. The van der Waals surface area contributed by atoms with Crippen molar-refractivity contribution in [2.24, 2.45) is 0 Å². The van der Waals surface area contributed by atoms with Crippen LogP contribution in [0.3, 0.4) is 0 Å². The molecule has 150 valence electrons. The minimum Gasteiger partial charge on any atom is -0.497 e. The van der Waals surface area contributed by atoms with Crippen LogP contribution < -0.4 is 19.5 Å². The molecular formula is C22H23N3O4. The van der Waals surface area contributed by atoms with Crippen molar-refractivity contribution in [3.8, 4) is 17.2 Å². The average molecular weight is 393 g/mol. The first-order valence-electron chi connectivity index (χ1n) is 8.99. The molecule has 1 amide bonds. The highest BCUT2D eigenvalue weighted by Gasteiger charge is 2.12. The number of nitrogens with zero attached hydrogens (tertiary/aromatic N) is 2. The van der Waals surface area contributed by atoms with E-state index in [1.54, 1.807) is 44.4 Å². The van der Waals surface area contributed by atoms with E-state index in [9.17, 15) is 4.79 Å². The van der Waals surface area contributed by atoms with E-state index in [-0.39, 0.29) is 5.91 Å². The van der Waals surface area contributed by atoms with Crippen LogP contribution >= 0.6 is 0 Å². The smallest absolute Gasteiger partial charge is 0.249 e. The van der Waals surface area contributed by atoms with Crippen molar-refractivity contribution in [3.05, 3.63) is 71.9 Å². The summed E-state index contributed by atoms with van der Waals surface area (Å²) in [4.78, 5) is 12.4. The first-order chi connectivity index (χ1) is 14.1. The fraction of sp³-hybridized carbons (Fsp3) is 0.182. The molecule has 0 bridgehead atoms. The van der Waals surface area contributed by atoms with Gasteiger partial charge in [-0.15, -0.1) is 0 Å². The van der Waals surface area contributed by atoms with Gasteiger partial charge in [0.2, 0.25) is 5.91 Å². The van der Waals surface area contributed by atoms with E-state index in [1.807, 2.05) is 42.5 Å². The molecule has 1 N–H and O–H groups in total. The summed E-state index contributed by atoms with van der Waals surface area (Å²) in [6, 6.07) is 14.8. The number of carbonyl (C=O) groups excluding carboxylic acids is 1. The maximum atomic E-state index is 12.4. The Morgan fingerprint density at radius 3 is 2.66 bits per heavy atom. The molecule has 7 nitrogen and oxygen atoms in total. The summed E-state index contributed by atoms with van der Waals surface area (Å²) in [6.07, 6.45) is 4.83. The predicted molar refractivity (Wildman–Crippen MR) is 112 cm³/mol. The van der Waals surface area contributed by atoms with Crippen LogP contribution in [0.5, 0.6) is 17.2 Å². The molecule has 1 heterocycles. The third kappa shape index (κ3) is 4.95. The highest BCUT2D eigenvalue weighted by atomic mass is 16.5. The number of methoxy groups -OCH3 is 3. The molecule has 0 spiro atoms. The molecule has 3 rings (SSSR count). The van der Waals surface area contributed by atoms with Crippen molar-refractivity contribution in [2.45, 2.75) is 6.54 Å². The third-order valence-corrected chi connectivity index (χ3v) is 4.29. The van der Waals surface area contributed by atoms with Crippen molar-refractivity contribution < 1.29 is 19.0 Å². The molecule has 0 aliphatic rings. The SMILES string of the molecule is COc1cccc(/C=C/C(=O)Nc2ccnn2Cc2cccc(OC)c2OC)c1. The Morgan fingerprint density at radius 2 is 1.90 bits per heavy atom. The number of rotatable bonds is 8. The van der Waals surface area contributed by atoms with Gasteiger partial charge in [0, 0.05) is 17.7 Å². The number of nitrogens with one attached hydrogen (secondary N) is 1. The number of hydrogen-bond donors (Lipinski definition) is 1. The fourth-order valence-electron chi connectivity index (χ4n) is 2.89. The van der Waals surface area contributed by atoms with E-state index in [1.165, 1.54) is 6.08 Å². The zero-order chi connectivity index (χ0) is 20.6. The van der Waals surface area contributed by atoms with E-state index in [2.05, 4.69) is 10.4 Å². The largest absolute Gasteiger partial charge is 0.497 e. The minimum atomic E-state index is -0.257. The van der Waals surface area contributed by atoms with Crippen molar-refractivity contribution in [2.75, 3.05) is 26.6 Å². The van der Waals surface area contributed by atoms with Crippen molar-refractivity contribution in [3.63, 3.8) is 0 Å². The Hall–Kier alpha value is -3.74. The lowest BCUT2D eigenvalue weighted by atomic mass is 10.2. The summed E-state index contributed by atoms with van der Waals surface area (Å²) in [5.74, 6) is 2.34. The van der Waals surface area contributed by atoms with Crippen LogP contribution in [0.15, 0.2) is 60.8 Å². The Labute approximate surface area is 169 Å². The molecule has 0 fully saturated rings. The van der Waals surface area contributed by atoms with Crippen LogP contribution in [0, 0.1) is 0 Å². The summed E-state index contributed by atoms with van der Waals surface area (Å²) in [5.41, 5.74) is 1.76. The molecule has 3 aromatic rings. The van der Waals surface area contributed by atoms with Crippen LogP contribution in [0.1, 0.15) is 11.1 Å². The summed E-state index contributed by atoms with van der Waals surface area (Å²) >= 11 is 0. The zero-order valence-electron chi connectivity index (χ0n) is 16.6. The topological polar surface area (TPSA) is 74.6 Å². The number of para-hydroxylation sites is 1. The Kier molecular flexibility index (Phi) is 6.52. The normalized spacial score (nSPS) is 10.7. The number of hydrogen-bond acceptors (Lipinski definition) is 5. The molecule has 0 aliphatic carbocycles. The van der Waals surface area contributed by atoms with Crippen molar-refractivity contribution in [1.29, 1.82) is 0 Å². The Bertz CT molecular complexity index is 1010. The number of aromatic nitrogens is 2. The lowest BCUT2D eigenvalue weighted by molar-refractivity contribution is -0.111. The monoisotopic (exact) mass is 393 g/mol. The van der Waals surface area contributed by atoms with Crippen LogP contribution in [0.4, 0.5) is 5.82 Å². The maximum Gasteiger partial charge on any atom is 0.249 e. The van der Waals surface area contributed by atoms with Gasteiger partial charge >= 0.3 is 0 Å². The molecular weight excluding hydrogens is 370 g/mol. The van der Waals surface area contributed by atoms with E-state index < -0.39 is 0 Å². The molecule has 0 radical (unpaired) electrons. The summed E-state index contributed by atoms with van der Waals surface area (Å²) in [5, 5.41) is 7.15. The van der Waals surface area contributed by atoms with Gasteiger partial charge in [-0.25, -0.2) is 4.68 Å². The van der Waals surface area contributed by atoms with Gasteiger partial charge in [0.15, 0.2) is 11.5 Å². The second-order valence-electron chi connectivity index (χ2n) is 6.13. The van der Waals surface area contributed by atoms with Gasteiger partial charge in [-0.3, -0.25) is 4.79 Å². The highest BCUT2D eigenvalue weighted by molar-refractivity contribution is 6.01.